The molecule has 2 aliphatic heterocycles. The summed E-state index contributed by atoms with van der Waals surface area (Å²) in [4.78, 5) is 2.36. The van der Waals surface area contributed by atoms with Gasteiger partial charge in [0.05, 0.1) is 4.90 Å². The minimum atomic E-state index is -4.81. The van der Waals surface area contributed by atoms with Crippen molar-refractivity contribution in [2.45, 2.75) is 43.2 Å². The number of benzene rings is 2. The molecule has 4 rings (SSSR count). The lowest BCUT2D eigenvalue weighted by molar-refractivity contribution is -0.274. The monoisotopic (exact) mass is 426 g/mol. The van der Waals surface area contributed by atoms with Gasteiger partial charge in [0, 0.05) is 32.2 Å². The van der Waals surface area contributed by atoms with Crippen molar-refractivity contribution in [1.82, 2.24) is 9.21 Å². The van der Waals surface area contributed by atoms with Crippen molar-refractivity contribution in [1.29, 1.82) is 0 Å². The van der Waals surface area contributed by atoms with Gasteiger partial charge in [-0.15, -0.1) is 13.2 Å². The average molecular weight is 426 g/mol. The molecule has 2 aromatic carbocycles. The molecular formula is C20H21F3N2O3S. The minimum absolute atomic E-state index is 0.0287. The number of halogens is 3. The third-order valence-corrected chi connectivity index (χ3v) is 7.41. The van der Waals surface area contributed by atoms with Crippen LogP contribution in [0.3, 0.4) is 0 Å². The van der Waals surface area contributed by atoms with Crippen molar-refractivity contribution in [3.05, 3.63) is 59.7 Å². The van der Waals surface area contributed by atoms with Crippen LogP contribution in [0.4, 0.5) is 13.2 Å². The number of rotatable bonds is 4. The van der Waals surface area contributed by atoms with Gasteiger partial charge in [-0.2, -0.15) is 4.31 Å². The number of piperidine rings is 1. The molecule has 0 aliphatic carbocycles. The summed E-state index contributed by atoms with van der Waals surface area (Å²) >= 11 is 0. The molecule has 0 bridgehead atoms. The Morgan fingerprint density at radius 3 is 1.97 bits per heavy atom. The number of fused-ring (bicyclic) bond motifs is 1. The molecule has 0 radical (unpaired) electrons. The van der Waals surface area contributed by atoms with Crippen LogP contribution in [0.2, 0.25) is 0 Å². The van der Waals surface area contributed by atoms with Gasteiger partial charge in [0.2, 0.25) is 10.0 Å². The van der Waals surface area contributed by atoms with Gasteiger partial charge in [-0.1, -0.05) is 24.3 Å². The van der Waals surface area contributed by atoms with E-state index in [-0.39, 0.29) is 4.90 Å². The molecule has 0 aromatic heterocycles. The summed E-state index contributed by atoms with van der Waals surface area (Å²) in [5, 5.41) is 0. The second-order valence-corrected chi connectivity index (χ2v) is 9.27. The molecule has 5 nitrogen and oxygen atoms in total. The van der Waals surface area contributed by atoms with Crippen molar-refractivity contribution in [3.8, 4) is 5.75 Å². The maximum Gasteiger partial charge on any atom is 0.573 e. The summed E-state index contributed by atoms with van der Waals surface area (Å²) in [7, 11) is -3.75. The Hall–Kier alpha value is -2.10. The van der Waals surface area contributed by atoms with Gasteiger partial charge in [-0.3, -0.25) is 4.90 Å². The summed E-state index contributed by atoms with van der Waals surface area (Å²) < 4.78 is 67.7. The van der Waals surface area contributed by atoms with Crippen molar-refractivity contribution in [2.75, 3.05) is 13.1 Å². The van der Waals surface area contributed by atoms with Crippen LogP contribution in [0.25, 0.3) is 0 Å². The van der Waals surface area contributed by atoms with Crippen molar-refractivity contribution in [3.63, 3.8) is 0 Å². The molecular weight excluding hydrogens is 405 g/mol. The van der Waals surface area contributed by atoms with Crippen LogP contribution in [-0.2, 0) is 23.1 Å². The molecule has 0 N–H and O–H groups in total. The van der Waals surface area contributed by atoms with Crippen molar-refractivity contribution >= 4 is 10.0 Å². The van der Waals surface area contributed by atoms with E-state index in [4.69, 9.17) is 0 Å². The van der Waals surface area contributed by atoms with E-state index in [0.717, 1.165) is 50.2 Å². The fourth-order valence-corrected chi connectivity index (χ4v) is 5.50. The van der Waals surface area contributed by atoms with Crippen LogP contribution in [0.1, 0.15) is 24.0 Å². The first-order valence-corrected chi connectivity index (χ1v) is 10.8. The lowest BCUT2D eigenvalue weighted by Gasteiger charge is -2.36. The Bertz CT molecular complexity index is 944. The molecule has 2 heterocycles. The predicted octanol–water partition coefficient (Wildman–Crippen LogP) is 3.75. The summed E-state index contributed by atoms with van der Waals surface area (Å²) in [6.45, 7) is 2.55. The third-order valence-electron chi connectivity index (χ3n) is 5.50. The molecule has 0 atom stereocenters. The Morgan fingerprint density at radius 2 is 1.45 bits per heavy atom. The molecule has 0 amide bonds. The van der Waals surface area contributed by atoms with Gasteiger partial charge in [0.1, 0.15) is 5.75 Å². The Morgan fingerprint density at radius 1 is 0.897 bits per heavy atom. The summed E-state index contributed by atoms with van der Waals surface area (Å²) in [6.07, 6.45) is -3.36. The van der Waals surface area contributed by atoms with E-state index in [0.29, 0.717) is 19.1 Å². The highest BCUT2D eigenvalue weighted by atomic mass is 32.2. The van der Waals surface area contributed by atoms with Crippen LogP contribution < -0.4 is 4.74 Å². The Kier molecular flexibility index (Phi) is 5.30. The average Bonchev–Trinajstić information content (AvgIpc) is 3.11. The van der Waals surface area contributed by atoms with Crippen LogP contribution in [0.5, 0.6) is 5.75 Å². The van der Waals surface area contributed by atoms with Gasteiger partial charge in [-0.25, -0.2) is 8.42 Å². The van der Waals surface area contributed by atoms with Crippen LogP contribution >= 0.6 is 0 Å². The lowest BCUT2D eigenvalue weighted by atomic mass is 10.1. The number of nitrogens with zero attached hydrogens (tertiary/aromatic N) is 2. The van der Waals surface area contributed by atoms with Crippen molar-refractivity contribution in [2.24, 2.45) is 0 Å². The third kappa shape index (κ3) is 4.41. The summed E-state index contributed by atoms with van der Waals surface area (Å²) in [5.41, 5.74) is 2.65. The second-order valence-electron chi connectivity index (χ2n) is 7.33. The lowest BCUT2D eigenvalue weighted by Crippen LogP contribution is -2.45. The Balaban J connectivity index is 1.38. The zero-order valence-corrected chi connectivity index (χ0v) is 16.4. The number of hydrogen-bond acceptors (Lipinski definition) is 4. The molecule has 9 heteroatoms. The first-order valence-electron chi connectivity index (χ1n) is 9.39. The molecule has 0 spiro atoms. The number of ether oxygens (including phenoxy) is 1. The van der Waals surface area contributed by atoms with E-state index in [1.54, 1.807) is 0 Å². The zero-order valence-electron chi connectivity index (χ0n) is 15.6. The van der Waals surface area contributed by atoms with Gasteiger partial charge >= 0.3 is 6.36 Å². The molecule has 29 heavy (non-hydrogen) atoms. The topological polar surface area (TPSA) is 49.9 Å². The molecule has 0 unspecified atom stereocenters. The highest BCUT2D eigenvalue weighted by molar-refractivity contribution is 7.89. The van der Waals surface area contributed by atoms with Gasteiger partial charge in [-0.05, 0) is 48.2 Å². The number of hydrogen-bond donors (Lipinski definition) is 0. The fourth-order valence-electron chi connectivity index (χ4n) is 4.03. The minimum Gasteiger partial charge on any atom is -0.406 e. The van der Waals surface area contributed by atoms with Gasteiger partial charge in [0.25, 0.3) is 0 Å². The summed E-state index contributed by atoms with van der Waals surface area (Å²) in [6, 6.07) is 13.0. The first kappa shape index (κ1) is 20.2. The largest absolute Gasteiger partial charge is 0.573 e. The number of alkyl halides is 3. The van der Waals surface area contributed by atoms with E-state index < -0.39 is 22.1 Å². The Labute approximate surface area is 167 Å². The van der Waals surface area contributed by atoms with Crippen LogP contribution in [-0.4, -0.2) is 43.1 Å². The normalized spacial score (nSPS) is 19.3. The summed E-state index contributed by atoms with van der Waals surface area (Å²) in [5.74, 6) is -0.441. The molecule has 2 aromatic rings. The van der Waals surface area contributed by atoms with E-state index in [2.05, 4.69) is 21.8 Å². The first-order chi connectivity index (χ1) is 13.7. The molecule has 2 aliphatic rings. The molecule has 1 fully saturated rings. The quantitative estimate of drug-likeness (QED) is 0.747. The van der Waals surface area contributed by atoms with Crippen molar-refractivity contribution < 1.29 is 26.3 Å². The van der Waals surface area contributed by atoms with E-state index >= 15 is 0 Å². The highest BCUT2D eigenvalue weighted by Gasteiger charge is 2.34. The highest BCUT2D eigenvalue weighted by Crippen LogP contribution is 2.30. The molecule has 156 valence electrons. The van der Waals surface area contributed by atoms with Crippen LogP contribution in [0, 0.1) is 0 Å². The van der Waals surface area contributed by atoms with E-state index in [9.17, 15) is 21.6 Å². The standard InChI is InChI=1S/C20H21F3N2O3S/c21-20(22,23)28-18-5-7-19(8-6-18)29(26,27)25-11-9-17(10-12-25)24-13-15-3-1-2-4-16(15)14-24/h1-8,17H,9-14H2. The number of sulfonamides is 1. The van der Waals surface area contributed by atoms with Crippen LogP contribution in [0.15, 0.2) is 53.4 Å². The van der Waals surface area contributed by atoms with Gasteiger partial charge < -0.3 is 4.74 Å². The maximum atomic E-state index is 12.8. The fraction of sp³-hybridized carbons (Fsp3) is 0.400. The van der Waals surface area contributed by atoms with E-state index in [1.807, 2.05) is 12.1 Å². The zero-order chi connectivity index (χ0) is 20.6. The smallest absolute Gasteiger partial charge is 0.406 e. The maximum absolute atomic E-state index is 12.8. The molecule has 0 saturated carbocycles. The second kappa shape index (κ2) is 7.62. The SMILES string of the molecule is O=S(=O)(c1ccc(OC(F)(F)F)cc1)N1CCC(N2Cc3ccccc3C2)CC1. The molecule has 1 saturated heterocycles. The van der Waals surface area contributed by atoms with E-state index in [1.165, 1.54) is 15.4 Å². The van der Waals surface area contributed by atoms with Gasteiger partial charge in [0.15, 0.2) is 0 Å². The predicted molar refractivity (Wildman–Crippen MR) is 101 cm³/mol.